The van der Waals surface area contributed by atoms with E-state index in [9.17, 15) is 0 Å². The summed E-state index contributed by atoms with van der Waals surface area (Å²) in [5.74, 6) is 1.93. The second-order valence-corrected chi connectivity index (χ2v) is 6.61. The van der Waals surface area contributed by atoms with E-state index in [0.717, 1.165) is 30.4 Å². The summed E-state index contributed by atoms with van der Waals surface area (Å²) in [6.07, 6.45) is 0.932. The number of nitrogens with zero attached hydrogens (tertiary/aromatic N) is 2. The van der Waals surface area contributed by atoms with E-state index in [1.54, 1.807) is 7.05 Å². The third kappa shape index (κ3) is 5.69. The Balaban J connectivity index is 0.00000261. The number of aliphatic imine (C=N–C) groups is 1. The second kappa shape index (κ2) is 10.3. The Kier molecular flexibility index (Phi) is 8.09. The molecule has 5 nitrogen and oxygen atoms in total. The maximum absolute atomic E-state index is 5.35. The van der Waals surface area contributed by atoms with Gasteiger partial charge >= 0.3 is 0 Å². The molecule has 2 N–H and O–H groups in total. The Morgan fingerprint density at radius 3 is 2.63 bits per heavy atom. The Hall–Kier alpha value is -2.09. The first-order valence-electron chi connectivity index (χ1n) is 9.04. The molecule has 2 aromatic carbocycles. The zero-order chi connectivity index (χ0) is 18.4. The molecule has 1 heterocycles. The lowest BCUT2D eigenvalue weighted by molar-refractivity contribution is 0.372. The van der Waals surface area contributed by atoms with Crippen LogP contribution in [0.1, 0.15) is 36.8 Å². The molecule has 0 amide bonds. The minimum atomic E-state index is 0. The molecule has 0 aliphatic carbocycles. The van der Waals surface area contributed by atoms with Gasteiger partial charge in [-0.05, 0) is 28.7 Å². The van der Waals surface area contributed by atoms with E-state index in [4.69, 9.17) is 4.52 Å². The first kappa shape index (κ1) is 21.2. The van der Waals surface area contributed by atoms with Gasteiger partial charge in [-0.2, -0.15) is 0 Å². The smallest absolute Gasteiger partial charge is 0.191 e. The fraction of sp³-hybridized carbons (Fsp3) is 0.333. The van der Waals surface area contributed by atoms with E-state index in [2.05, 4.69) is 77.1 Å². The molecule has 0 bridgehead atoms. The SMILES string of the molecule is CN=C(NCCc1cccc2ccccc12)NCc1cc(C(C)C)no1.I. The Labute approximate surface area is 177 Å². The van der Waals surface area contributed by atoms with E-state index < -0.39 is 0 Å². The van der Waals surface area contributed by atoms with Crippen LogP contribution in [0.3, 0.4) is 0 Å². The van der Waals surface area contributed by atoms with Crippen LogP contribution < -0.4 is 10.6 Å². The molecule has 0 spiro atoms. The fourth-order valence-electron chi connectivity index (χ4n) is 2.90. The normalized spacial score (nSPS) is 11.5. The first-order chi connectivity index (χ1) is 12.7. The van der Waals surface area contributed by atoms with Crippen LogP contribution in [-0.2, 0) is 13.0 Å². The molecule has 144 valence electrons. The highest BCUT2D eigenvalue weighted by Gasteiger charge is 2.08. The number of benzene rings is 2. The third-order valence-electron chi connectivity index (χ3n) is 4.39. The number of nitrogens with one attached hydrogen (secondary N) is 2. The Morgan fingerprint density at radius 1 is 1.11 bits per heavy atom. The number of hydrogen-bond donors (Lipinski definition) is 2. The molecule has 0 aliphatic rings. The molecule has 0 aliphatic heterocycles. The number of guanidine groups is 1. The number of halogens is 1. The van der Waals surface area contributed by atoms with Gasteiger partial charge in [0.2, 0.25) is 0 Å². The molecule has 3 rings (SSSR count). The second-order valence-electron chi connectivity index (χ2n) is 6.61. The van der Waals surface area contributed by atoms with E-state index in [1.807, 2.05) is 6.07 Å². The van der Waals surface area contributed by atoms with E-state index >= 15 is 0 Å². The van der Waals surface area contributed by atoms with Crippen LogP contribution in [0.2, 0.25) is 0 Å². The molecule has 0 radical (unpaired) electrons. The van der Waals surface area contributed by atoms with Crippen molar-refractivity contribution >= 4 is 40.7 Å². The van der Waals surface area contributed by atoms with Gasteiger partial charge in [0.1, 0.15) is 0 Å². The average Bonchev–Trinajstić information content (AvgIpc) is 3.14. The van der Waals surface area contributed by atoms with Crippen molar-refractivity contribution < 1.29 is 4.52 Å². The molecule has 6 heteroatoms. The van der Waals surface area contributed by atoms with E-state index in [0.29, 0.717) is 12.5 Å². The Morgan fingerprint density at radius 2 is 1.89 bits per heavy atom. The van der Waals surface area contributed by atoms with Gasteiger partial charge in [0.15, 0.2) is 11.7 Å². The minimum Gasteiger partial charge on any atom is -0.359 e. The summed E-state index contributed by atoms with van der Waals surface area (Å²) in [5.41, 5.74) is 2.31. The molecule has 3 aromatic rings. The number of fused-ring (bicyclic) bond motifs is 1. The van der Waals surface area contributed by atoms with Crippen LogP contribution in [-0.4, -0.2) is 24.7 Å². The minimum absolute atomic E-state index is 0. The third-order valence-corrected chi connectivity index (χ3v) is 4.39. The molecule has 0 fully saturated rings. The summed E-state index contributed by atoms with van der Waals surface area (Å²) in [7, 11) is 1.77. The van der Waals surface area contributed by atoms with E-state index in [-0.39, 0.29) is 24.0 Å². The highest BCUT2D eigenvalue weighted by atomic mass is 127. The van der Waals surface area contributed by atoms with Crippen molar-refractivity contribution in [2.75, 3.05) is 13.6 Å². The van der Waals surface area contributed by atoms with Gasteiger partial charge in [-0.1, -0.05) is 61.5 Å². The van der Waals surface area contributed by atoms with Crippen molar-refractivity contribution in [1.29, 1.82) is 0 Å². The molecule has 1 aromatic heterocycles. The summed E-state index contributed by atoms with van der Waals surface area (Å²) in [4.78, 5) is 4.27. The average molecular weight is 478 g/mol. The van der Waals surface area contributed by atoms with Gasteiger partial charge in [0.25, 0.3) is 0 Å². The molecule has 0 saturated heterocycles. The van der Waals surface area contributed by atoms with Gasteiger partial charge in [-0.15, -0.1) is 24.0 Å². The van der Waals surface area contributed by atoms with Crippen LogP contribution in [0.5, 0.6) is 0 Å². The standard InChI is InChI=1S/C21H26N4O.HI/c1-15(2)20-13-18(26-25-20)14-24-21(22-3)23-12-11-17-9-6-8-16-7-4-5-10-19(16)17;/h4-10,13,15H,11-12,14H2,1-3H3,(H2,22,23,24);1H. The van der Waals surface area contributed by atoms with Gasteiger partial charge in [0.05, 0.1) is 12.2 Å². The van der Waals surface area contributed by atoms with Crippen LogP contribution in [0.15, 0.2) is 58.0 Å². The Bertz CT molecular complexity index is 883. The number of aromatic nitrogens is 1. The van der Waals surface area contributed by atoms with Gasteiger partial charge in [-0.25, -0.2) is 0 Å². The lowest BCUT2D eigenvalue weighted by Crippen LogP contribution is -2.37. The van der Waals surface area contributed by atoms with Gasteiger partial charge < -0.3 is 15.2 Å². The molecular formula is C21H27IN4O. The highest BCUT2D eigenvalue weighted by Crippen LogP contribution is 2.18. The zero-order valence-corrected chi connectivity index (χ0v) is 18.4. The molecular weight excluding hydrogens is 451 g/mol. The van der Waals surface area contributed by atoms with Crippen LogP contribution in [0.25, 0.3) is 10.8 Å². The maximum atomic E-state index is 5.35. The molecule has 0 unspecified atom stereocenters. The monoisotopic (exact) mass is 478 g/mol. The molecule has 0 saturated carbocycles. The molecule has 27 heavy (non-hydrogen) atoms. The van der Waals surface area contributed by atoms with Crippen molar-refractivity contribution in [2.24, 2.45) is 4.99 Å². The summed E-state index contributed by atoms with van der Waals surface area (Å²) in [6.45, 7) is 5.57. The predicted octanol–water partition coefficient (Wildman–Crippen LogP) is 4.48. The van der Waals surface area contributed by atoms with Crippen LogP contribution in [0.4, 0.5) is 0 Å². The van der Waals surface area contributed by atoms with Crippen molar-refractivity contribution in [2.45, 2.75) is 32.7 Å². The quantitative estimate of drug-likeness (QED) is 0.312. The largest absolute Gasteiger partial charge is 0.359 e. The number of hydrogen-bond acceptors (Lipinski definition) is 3. The summed E-state index contributed by atoms with van der Waals surface area (Å²) < 4.78 is 5.35. The lowest BCUT2D eigenvalue weighted by atomic mass is 10.0. The topological polar surface area (TPSA) is 62.5 Å². The zero-order valence-electron chi connectivity index (χ0n) is 16.0. The van der Waals surface area contributed by atoms with Crippen LogP contribution >= 0.6 is 24.0 Å². The van der Waals surface area contributed by atoms with Crippen molar-refractivity contribution in [3.05, 3.63) is 65.5 Å². The molecule has 0 atom stereocenters. The van der Waals surface area contributed by atoms with Gasteiger partial charge in [-0.3, -0.25) is 4.99 Å². The summed E-state index contributed by atoms with van der Waals surface area (Å²) in [5, 5.41) is 13.3. The lowest BCUT2D eigenvalue weighted by Gasteiger charge is -2.11. The maximum Gasteiger partial charge on any atom is 0.191 e. The first-order valence-corrected chi connectivity index (χ1v) is 9.04. The highest BCUT2D eigenvalue weighted by molar-refractivity contribution is 14.0. The fourth-order valence-corrected chi connectivity index (χ4v) is 2.90. The number of rotatable bonds is 6. The van der Waals surface area contributed by atoms with Crippen molar-refractivity contribution in [1.82, 2.24) is 15.8 Å². The summed E-state index contributed by atoms with van der Waals surface area (Å²) in [6, 6.07) is 16.9. The van der Waals surface area contributed by atoms with Crippen molar-refractivity contribution in [3.63, 3.8) is 0 Å². The summed E-state index contributed by atoms with van der Waals surface area (Å²) >= 11 is 0. The van der Waals surface area contributed by atoms with Gasteiger partial charge in [0, 0.05) is 19.7 Å². The van der Waals surface area contributed by atoms with E-state index in [1.165, 1.54) is 16.3 Å². The predicted molar refractivity (Wildman–Crippen MR) is 122 cm³/mol. The van der Waals surface area contributed by atoms with Crippen LogP contribution in [0, 0.1) is 0 Å². The van der Waals surface area contributed by atoms with Crippen molar-refractivity contribution in [3.8, 4) is 0 Å².